The number of nitro benzene ring substituents is 1. The van der Waals surface area contributed by atoms with Gasteiger partial charge in [0.1, 0.15) is 11.3 Å². The fourth-order valence-corrected chi connectivity index (χ4v) is 3.16. The lowest BCUT2D eigenvalue weighted by atomic mass is 10.0. The molecule has 154 valence electrons. The summed E-state index contributed by atoms with van der Waals surface area (Å²) in [5.74, 6) is -1.65. The van der Waals surface area contributed by atoms with Crippen molar-refractivity contribution in [1.82, 2.24) is 5.32 Å². The molecule has 1 saturated heterocycles. The molecule has 0 saturated carbocycles. The lowest BCUT2D eigenvalue weighted by Gasteiger charge is -2.27. The zero-order valence-electron chi connectivity index (χ0n) is 16.9. The Labute approximate surface area is 172 Å². The first-order valence-electron chi connectivity index (χ1n) is 9.04. The molecule has 1 aliphatic rings. The highest BCUT2D eigenvalue weighted by Crippen LogP contribution is 2.30. The molecule has 0 unspecified atom stereocenters. The number of nitrogens with one attached hydrogen (secondary N) is 1. The van der Waals surface area contributed by atoms with Crippen molar-refractivity contribution in [3.8, 4) is 0 Å². The molecule has 0 spiro atoms. The predicted molar refractivity (Wildman–Crippen MR) is 112 cm³/mol. The van der Waals surface area contributed by atoms with Crippen LogP contribution in [0.15, 0.2) is 42.0 Å². The average molecular weight is 408 g/mol. The second kappa shape index (κ2) is 7.78. The summed E-state index contributed by atoms with van der Waals surface area (Å²) in [5, 5.41) is 13.6. The van der Waals surface area contributed by atoms with Crippen molar-refractivity contribution in [3.63, 3.8) is 0 Å². The maximum Gasteiger partial charge on any atom is 0.335 e. The van der Waals surface area contributed by atoms with Gasteiger partial charge in [-0.2, -0.15) is 0 Å². The van der Waals surface area contributed by atoms with E-state index in [9.17, 15) is 24.5 Å². The summed E-state index contributed by atoms with van der Waals surface area (Å²) in [6.45, 7) is 3.57. The molecule has 0 aromatic heterocycles. The molecule has 2 aromatic carbocycles. The Balaban J connectivity index is 2.08. The van der Waals surface area contributed by atoms with Gasteiger partial charge in [0.25, 0.3) is 17.5 Å². The summed E-state index contributed by atoms with van der Waals surface area (Å²) in [6, 6.07) is 8.83. The molecule has 1 fully saturated rings. The number of aryl methyl sites for hydroxylation is 2. The maximum absolute atomic E-state index is 13.0. The zero-order valence-corrected chi connectivity index (χ0v) is 16.9. The van der Waals surface area contributed by atoms with Crippen molar-refractivity contribution in [2.24, 2.45) is 0 Å². The number of nitrogens with zero attached hydrogens (tertiary/aromatic N) is 3. The topological polar surface area (TPSA) is 113 Å². The van der Waals surface area contributed by atoms with Gasteiger partial charge in [-0.15, -0.1) is 0 Å². The van der Waals surface area contributed by atoms with Crippen LogP contribution in [-0.4, -0.2) is 36.9 Å². The number of amides is 4. The Kier molecular flexibility index (Phi) is 5.37. The highest BCUT2D eigenvalue weighted by Gasteiger charge is 2.37. The molecule has 1 N–H and O–H groups in total. The van der Waals surface area contributed by atoms with Crippen LogP contribution in [-0.2, 0) is 9.59 Å². The third-order valence-corrected chi connectivity index (χ3v) is 4.70. The number of imide groups is 2. The van der Waals surface area contributed by atoms with E-state index in [2.05, 4.69) is 5.32 Å². The number of hydrogen-bond donors (Lipinski definition) is 1. The molecule has 9 nitrogen and oxygen atoms in total. The Morgan fingerprint density at radius 1 is 1.07 bits per heavy atom. The standard InChI is InChI=1S/C21H20N4O5/c1-12-5-6-13(2)17(9-12)24-20(27)15(19(26)22-21(24)28)10-14-7-8-16(23(3)4)18(11-14)25(29)30/h5-11H,1-4H3,(H,22,26,28). The lowest BCUT2D eigenvalue weighted by Crippen LogP contribution is -2.54. The molecule has 0 bridgehead atoms. The van der Waals surface area contributed by atoms with Gasteiger partial charge in [-0.25, -0.2) is 9.69 Å². The summed E-state index contributed by atoms with van der Waals surface area (Å²) < 4.78 is 0. The van der Waals surface area contributed by atoms with Crippen molar-refractivity contribution in [2.75, 3.05) is 23.9 Å². The van der Waals surface area contributed by atoms with Crippen LogP contribution in [0.2, 0.25) is 0 Å². The van der Waals surface area contributed by atoms with Crippen molar-refractivity contribution >= 4 is 41.0 Å². The van der Waals surface area contributed by atoms with E-state index in [1.165, 1.54) is 18.2 Å². The smallest absolute Gasteiger partial charge is 0.335 e. The van der Waals surface area contributed by atoms with Crippen LogP contribution < -0.4 is 15.1 Å². The highest BCUT2D eigenvalue weighted by molar-refractivity contribution is 6.39. The maximum atomic E-state index is 13.0. The number of rotatable bonds is 4. The Morgan fingerprint density at radius 3 is 2.40 bits per heavy atom. The summed E-state index contributed by atoms with van der Waals surface area (Å²) in [6.07, 6.45) is 1.24. The van der Waals surface area contributed by atoms with Gasteiger partial charge in [-0.3, -0.25) is 25.0 Å². The first kappa shape index (κ1) is 20.7. The van der Waals surface area contributed by atoms with E-state index in [4.69, 9.17) is 0 Å². The Bertz CT molecular complexity index is 1120. The van der Waals surface area contributed by atoms with E-state index in [-0.39, 0.29) is 11.3 Å². The third-order valence-electron chi connectivity index (χ3n) is 4.70. The Hall–Kier alpha value is -4.01. The highest BCUT2D eigenvalue weighted by atomic mass is 16.6. The number of hydrogen-bond acceptors (Lipinski definition) is 6. The van der Waals surface area contributed by atoms with E-state index in [0.717, 1.165) is 10.5 Å². The normalized spacial score (nSPS) is 15.4. The largest absolute Gasteiger partial charge is 0.372 e. The lowest BCUT2D eigenvalue weighted by molar-refractivity contribution is -0.384. The van der Waals surface area contributed by atoms with Crippen molar-refractivity contribution < 1.29 is 19.3 Å². The summed E-state index contributed by atoms with van der Waals surface area (Å²) in [7, 11) is 3.35. The SMILES string of the molecule is Cc1ccc(C)c(N2C(=O)NC(=O)C(=Cc3ccc(N(C)C)c([N+](=O)[O-])c3)C2=O)c1. The minimum Gasteiger partial charge on any atom is -0.372 e. The number of barbiturate groups is 1. The Morgan fingerprint density at radius 2 is 1.77 bits per heavy atom. The number of carbonyl (C=O) groups excluding carboxylic acids is 3. The molecule has 9 heteroatoms. The van der Waals surface area contributed by atoms with Crippen LogP contribution in [0.25, 0.3) is 6.08 Å². The van der Waals surface area contributed by atoms with E-state index >= 15 is 0 Å². The molecule has 1 aliphatic heterocycles. The van der Waals surface area contributed by atoms with Gasteiger partial charge in [0.15, 0.2) is 0 Å². The molecule has 4 amide bonds. The minimum atomic E-state index is -0.856. The number of benzene rings is 2. The monoisotopic (exact) mass is 408 g/mol. The third kappa shape index (κ3) is 3.77. The zero-order chi connectivity index (χ0) is 22.2. The van der Waals surface area contributed by atoms with Gasteiger partial charge in [0, 0.05) is 20.2 Å². The minimum absolute atomic E-state index is 0.166. The predicted octanol–water partition coefficient (Wildman–Crippen LogP) is 2.94. The second-order valence-corrected chi connectivity index (χ2v) is 7.15. The summed E-state index contributed by atoms with van der Waals surface area (Å²) in [4.78, 5) is 51.2. The molecule has 30 heavy (non-hydrogen) atoms. The van der Waals surface area contributed by atoms with E-state index in [1.54, 1.807) is 44.1 Å². The van der Waals surface area contributed by atoms with Crippen LogP contribution >= 0.6 is 0 Å². The van der Waals surface area contributed by atoms with Gasteiger partial charge in [-0.05, 0) is 48.7 Å². The van der Waals surface area contributed by atoms with Gasteiger partial charge < -0.3 is 4.90 Å². The quantitative estimate of drug-likeness (QED) is 0.360. The number of nitro groups is 1. The van der Waals surface area contributed by atoms with Crippen LogP contribution in [0.3, 0.4) is 0 Å². The van der Waals surface area contributed by atoms with Crippen molar-refractivity contribution in [2.45, 2.75) is 13.8 Å². The molecule has 0 aliphatic carbocycles. The fraction of sp³-hybridized carbons (Fsp3) is 0.190. The first-order chi connectivity index (χ1) is 14.1. The second-order valence-electron chi connectivity index (χ2n) is 7.15. The number of urea groups is 1. The van der Waals surface area contributed by atoms with E-state index in [1.807, 2.05) is 13.0 Å². The molecule has 0 atom stereocenters. The van der Waals surface area contributed by atoms with Crippen LogP contribution in [0.5, 0.6) is 0 Å². The molecule has 1 heterocycles. The van der Waals surface area contributed by atoms with Crippen LogP contribution in [0.1, 0.15) is 16.7 Å². The molecule has 2 aromatic rings. The van der Waals surface area contributed by atoms with Crippen molar-refractivity contribution in [1.29, 1.82) is 0 Å². The summed E-state index contributed by atoms with van der Waals surface area (Å²) in [5.41, 5.74) is 2.11. The van der Waals surface area contributed by atoms with Gasteiger partial charge in [0.2, 0.25) is 0 Å². The van der Waals surface area contributed by atoms with Crippen LogP contribution in [0.4, 0.5) is 21.9 Å². The molecular formula is C21H20N4O5. The van der Waals surface area contributed by atoms with E-state index < -0.39 is 22.8 Å². The average Bonchev–Trinajstić information content (AvgIpc) is 2.67. The van der Waals surface area contributed by atoms with Gasteiger partial charge in [-0.1, -0.05) is 18.2 Å². The molecule has 0 radical (unpaired) electrons. The fourth-order valence-electron chi connectivity index (χ4n) is 3.16. The van der Waals surface area contributed by atoms with Crippen molar-refractivity contribution in [3.05, 3.63) is 68.8 Å². The van der Waals surface area contributed by atoms with Gasteiger partial charge in [0.05, 0.1) is 10.6 Å². The van der Waals surface area contributed by atoms with Gasteiger partial charge >= 0.3 is 6.03 Å². The molecular weight excluding hydrogens is 388 g/mol. The van der Waals surface area contributed by atoms with E-state index in [0.29, 0.717) is 22.5 Å². The first-order valence-corrected chi connectivity index (χ1v) is 9.04. The number of anilines is 2. The summed E-state index contributed by atoms with van der Waals surface area (Å²) >= 11 is 0. The molecule has 3 rings (SSSR count). The number of carbonyl (C=O) groups is 3. The van der Waals surface area contributed by atoms with Crippen LogP contribution in [0, 0.1) is 24.0 Å².